The van der Waals surface area contributed by atoms with Crippen molar-refractivity contribution in [3.63, 3.8) is 0 Å². The standard InChI is InChI=1S/C27H34Si2/c1-28(2,3)21-11-12-22-19(17-21)18-24-23(22)13-14-25(29(4,5)6)26(24)27(15-16-27)20-9-7-8-10-20/h7-9,11-14,17H,10,15-16,18H2,1-6H3. The fourth-order valence-electron chi connectivity index (χ4n) is 5.57. The van der Waals surface area contributed by atoms with Gasteiger partial charge in [0.15, 0.2) is 0 Å². The van der Waals surface area contributed by atoms with Crippen LogP contribution in [0.4, 0.5) is 0 Å². The predicted octanol–water partition coefficient (Wildman–Crippen LogP) is 6.27. The Balaban J connectivity index is 1.71. The monoisotopic (exact) mass is 414 g/mol. The molecule has 2 aromatic rings. The van der Waals surface area contributed by atoms with Gasteiger partial charge in [0, 0.05) is 5.41 Å². The molecule has 0 aliphatic heterocycles. The van der Waals surface area contributed by atoms with Crippen LogP contribution in [0.3, 0.4) is 0 Å². The van der Waals surface area contributed by atoms with Crippen LogP contribution < -0.4 is 10.4 Å². The summed E-state index contributed by atoms with van der Waals surface area (Å²) in [5.74, 6) is 0. The van der Waals surface area contributed by atoms with E-state index in [2.05, 4.69) is 87.8 Å². The molecule has 0 saturated heterocycles. The lowest BCUT2D eigenvalue weighted by Gasteiger charge is -2.30. The van der Waals surface area contributed by atoms with Gasteiger partial charge in [-0.2, -0.15) is 0 Å². The summed E-state index contributed by atoms with van der Waals surface area (Å²) in [5.41, 5.74) is 10.0. The maximum atomic E-state index is 2.55. The van der Waals surface area contributed by atoms with Crippen LogP contribution in [0, 0.1) is 0 Å². The van der Waals surface area contributed by atoms with E-state index in [0.29, 0.717) is 5.41 Å². The van der Waals surface area contributed by atoms with Crippen molar-refractivity contribution in [3.8, 4) is 11.1 Å². The summed E-state index contributed by atoms with van der Waals surface area (Å²) in [6.45, 7) is 15.0. The summed E-state index contributed by atoms with van der Waals surface area (Å²) >= 11 is 0. The van der Waals surface area contributed by atoms with E-state index in [9.17, 15) is 0 Å². The minimum atomic E-state index is -1.43. The second-order valence-corrected chi connectivity index (χ2v) is 21.6. The molecule has 0 unspecified atom stereocenters. The molecule has 0 aromatic heterocycles. The smallest absolute Gasteiger partial charge is 0.0780 e. The molecular formula is C27H34Si2. The molecule has 0 spiro atoms. The van der Waals surface area contributed by atoms with Crippen LogP contribution in [0.15, 0.2) is 54.1 Å². The summed E-state index contributed by atoms with van der Waals surface area (Å²) in [4.78, 5) is 0. The van der Waals surface area contributed by atoms with Crippen LogP contribution in [0.1, 0.15) is 36.0 Å². The summed E-state index contributed by atoms with van der Waals surface area (Å²) in [6.07, 6.45) is 12.0. The van der Waals surface area contributed by atoms with E-state index in [4.69, 9.17) is 0 Å². The minimum Gasteiger partial charge on any atom is -0.0804 e. The second-order valence-electron chi connectivity index (χ2n) is 11.5. The van der Waals surface area contributed by atoms with E-state index in [1.165, 1.54) is 24.0 Å². The SMILES string of the molecule is C[Si](C)(C)c1ccc2c(c1)Cc1c-2ccc([Si](C)(C)C)c1C1(C2=CC=CC2)CC1. The predicted molar refractivity (Wildman–Crippen MR) is 133 cm³/mol. The van der Waals surface area contributed by atoms with Gasteiger partial charge in [0.25, 0.3) is 0 Å². The van der Waals surface area contributed by atoms with Crippen molar-refractivity contribution >= 4 is 26.5 Å². The van der Waals surface area contributed by atoms with Gasteiger partial charge in [0.1, 0.15) is 0 Å². The van der Waals surface area contributed by atoms with Crippen LogP contribution in [0.5, 0.6) is 0 Å². The minimum absolute atomic E-state index is 0.327. The second kappa shape index (κ2) is 6.18. The number of allylic oxidation sites excluding steroid dienone is 4. The molecule has 2 aromatic carbocycles. The van der Waals surface area contributed by atoms with Crippen LogP contribution >= 0.6 is 0 Å². The Labute approximate surface area is 178 Å². The molecule has 29 heavy (non-hydrogen) atoms. The third-order valence-electron chi connectivity index (χ3n) is 7.36. The van der Waals surface area contributed by atoms with E-state index in [0.717, 1.165) is 12.8 Å². The van der Waals surface area contributed by atoms with Gasteiger partial charge < -0.3 is 0 Å². The summed E-state index contributed by atoms with van der Waals surface area (Å²) < 4.78 is 0. The first-order valence-corrected chi connectivity index (χ1v) is 18.3. The number of benzene rings is 2. The van der Waals surface area contributed by atoms with Gasteiger partial charge >= 0.3 is 0 Å². The van der Waals surface area contributed by atoms with Crippen molar-refractivity contribution in [2.75, 3.05) is 0 Å². The lowest BCUT2D eigenvalue weighted by atomic mass is 9.82. The van der Waals surface area contributed by atoms with E-state index in [-0.39, 0.29) is 0 Å². The molecule has 0 atom stereocenters. The van der Waals surface area contributed by atoms with Crippen molar-refractivity contribution in [2.24, 2.45) is 0 Å². The molecule has 0 amide bonds. The van der Waals surface area contributed by atoms with E-state index in [1.807, 2.05) is 0 Å². The fourth-order valence-corrected chi connectivity index (χ4v) is 8.49. The van der Waals surface area contributed by atoms with Gasteiger partial charge in [-0.25, -0.2) is 0 Å². The lowest BCUT2D eigenvalue weighted by molar-refractivity contribution is 0.795. The number of fused-ring (bicyclic) bond motifs is 3. The third-order valence-corrected chi connectivity index (χ3v) is 11.4. The molecule has 0 nitrogen and oxygen atoms in total. The third kappa shape index (κ3) is 2.99. The van der Waals surface area contributed by atoms with Gasteiger partial charge in [0.2, 0.25) is 0 Å². The van der Waals surface area contributed by atoms with Crippen molar-refractivity contribution in [3.05, 3.63) is 70.8 Å². The molecule has 1 fully saturated rings. The molecule has 0 heterocycles. The first-order valence-electron chi connectivity index (χ1n) is 11.3. The molecule has 1 saturated carbocycles. The van der Waals surface area contributed by atoms with Gasteiger partial charge in [-0.15, -0.1) is 0 Å². The van der Waals surface area contributed by atoms with Crippen LogP contribution in [0.2, 0.25) is 39.3 Å². The van der Waals surface area contributed by atoms with E-state index < -0.39 is 16.1 Å². The van der Waals surface area contributed by atoms with Gasteiger partial charge in [-0.3, -0.25) is 0 Å². The number of rotatable bonds is 4. The molecule has 2 heteroatoms. The highest BCUT2D eigenvalue weighted by Crippen LogP contribution is 2.58. The van der Waals surface area contributed by atoms with Gasteiger partial charge in [-0.1, -0.05) is 104 Å². The van der Waals surface area contributed by atoms with E-state index in [1.54, 1.807) is 32.6 Å². The van der Waals surface area contributed by atoms with Crippen molar-refractivity contribution < 1.29 is 0 Å². The topological polar surface area (TPSA) is 0 Å². The van der Waals surface area contributed by atoms with Crippen molar-refractivity contribution in [1.82, 2.24) is 0 Å². The normalized spacial score (nSPS) is 19.2. The van der Waals surface area contributed by atoms with E-state index >= 15 is 0 Å². The zero-order valence-electron chi connectivity index (χ0n) is 18.9. The van der Waals surface area contributed by atoms with Crippen LogP contribution in [0.25, 0.3) is 11.1 Å². The Morgan fingerprint density at radius 3 is 2.14 bits per heavy atom. The van der Waals surface area contributed by atoms with Crippen molar-refractivity contribution in [1.29, 1.82) is 0 Å². The highest BCUT2D eigenvalue weighted by Gasteiger charge is 2.51. The molecule has 0 bridgehead atoms. The maximum absolute atomic E-state index is 2.55. The van der Waals surface area contributed by atoms with Gasteiger partial charge in [-0.05, 0) is 53.5 Å². The summed E-state index contributed by atoms with van der Waals surface area (Å²) in [6, 6.07) is 12.4. The molecule has 0 N–H and O–H groups in total. The average molecular weight is 415 g/mol. The number of hydrogen-bond donors (Lipinski definition) is 0. The zero-order valence-corrected chi connectivity index (χ0v) is 20.9. The van der Waals surface area contributed by atoms with Crippen LogP contribution in [-0.2, 0) is 11.8 Å². The molecular weight excluding hydrogens is 380 g/mol. The highest BCUT2D eigenvalue weighted by molar-refractivity contribution is 6.89. The highest BCUT2D eigenvalue weighted by atomic mass is 28.3. The lowest BCUT2D eigenvalue weighted by Crippen LogP contribution is -2.43. The Kier molecular flexibility index (Phi) is 4.12. The Morgan fingerprint density at radius 1 is 0.828 bits per heavy atom. The quantitative estimate of drug-likeness (QED) is 0.442. The summed E-state index contributed by atoms with van der Waals surface area (Å²) in [7, 11) is -2.72. The van der Waals surface area contributed by atoms with Crippen LogP contribution in [-0.4, -0.2) is 16.1 Å². The first kappa shape index (κ1) is 19.3. The van der Waals surface area contributed by atoms with Crippen molar-refractivity contribution in [2.45, 2.75) is 70.4 Å². The summed E-state index contributed by atoms with van der Waals surface area (Å²) in [5, 5.41) is 3.31. The maximum Gasteiger partial charge on any atom is 0.0780 e. The Hall–Kier alpha value is -1.65. The Morgan fingerprint density at radius 2 is 1.55 bits per heavy atom. The van der Waals surface area contributed by atoms with Gasteiger partial charge in [0.05, 0.1) is 16.1 Å². The fraction of sp³-hybridized carbons (Fsp3) is 0.407. The molecule has 3 aliphatic carbocycles. The zero-order chi connectivity index (χ0) is 20.6. The number of hydrogen-bond acceptors (Lipinski definition) is 0. The molecule has 5 rings (SSSR count). The molecule has 3 aliphatic rings. The molecule has 0 radical (unpaired) electrons. The largest absolute Gasteiger partial charge is 0.0804 e. The molecule has 150 valence electrons. The Bertz CT molecular complexity index is 1070. The average Bonchev–Trinajstić information content (AvgIpc) is 3.10. The first-order chi connectivity index (χ1) is 13.6.